The predicted octanol–water partition coefficient (Wildman–Crippen LogP) is 2.53. The van der Waals surface area contributed by atoms with E-state index in [0.717, 1.165) is 0 Å². The van der Waals surface area contributed by atoms with Gasteiger partial charge in [-0.05, 0) is 37.3 Å². The van der Waals surface area contributed by atoms with Crippen molar-refractivity contribution in [1.82, 2.24) is 0 Å². The van der Waals surface area contributed by atoms with Crippen LogP contribution in [0.3, 0.4) is 0 Å². The lowest BCUT2D eigenvalue weighted by Gasteiger charge is -2.22. The first-order chi connectivity index (χ1) is 10.0. The summed E-state index contributed by atoms with van der Waals surface area (Å²) in [6.45, 7) is 1.86. The average Bonchev–Trinajstić information content (AvgIpc) is 2.91. The van der Waals surface area contributed by atoms with Gasteiger partial charge in [-0.15, -0.1) is 0 Å². The molecule has 1 aliphatic rings. The highest BCUT2D eigenvalue weighted by Gasteiger charge is 2.21. The van der Waals surface area contributed by atoms with E-state index in [1.807, 2.05) is 31.2 Å². The molecule has 0 radical (unpaired) electrons. The Morgan fingerprint density at radius 1 is 1.29 bits per heavy atom. The Labute approximate surface area is 123 Å². The highest BCUT2D eigenvalue weighted by Crippen LogP contribution is 2.24. The lowest BCUT2D eigenvalue weighted by Crippen LogP contribution is -2.20. The predicted molar refractivity (Wildman–Crippen MR) is 78.4 cm³/mol. The van der Waals surface area contributed by atoms with Crippen LogP contribution in [0.2, 0.25) is 0 Å². The third-order valence-electron chi connectivity index (χ3n) is 2.73. The summed E-state index contributed by atoms with van der Waals surface area (Å²) < 4.78 is 10.4. The Morgan fingerprint density at radius 3 is 2.48 bits per heavy atom. The molecule has 0 heterocycles. The molecule has 0 saturated carbocycles. The first-order valence-corrected chi connectivity index (χ1v) is 6.33. The van der Waals surface area contributed by atoms with Crippen LogP contribution in [0.5, 0.6) is 0 Å². The molecule has 0 atom stereocenters. The molecule has 5 nitrogen and oxygen atoms in total. The first-order valence-electron chi connectivity index (χ1n) is 6.33. The van der Waals surface area contributed by atoms with Gasteiger partial charge in [0.15, 0.2) is 6.29 Å². The highest BCUT2D eigenvalue weighted by molar-refractivity contribution is 5.77. The minimum Gasteiger partial charge on any atom is -0.515 e. The fourth-order valence-corrected chi connectivity index (χ4v) is 1.57. The van der Waals surface area contributed by atoms with Crippen LogP contribution in [0.4, 0.5) is 0 Å². The molecular weight excluding hydrogens is 272 g/mol. The van der Waals surface area contributed by atoms with Crippen LogP contribution in [-0.4, -0.2) is 30.1 Å². The average molecular weight is 290 g/mol. The van der Waals surface area contributed by atoms with Crippen molar-refractivity contribution >= 4 is 12.3 Å². The molecule has 5 heteroatoms. The van der Waals surface area contributed by atoms with E-state index < -0.39 is 11.6 Å². The number of rotatable bonds is 7. The van der Waals surface area contributed by atoms with Gasteiger partial charge in [-0.1, -0.05) is 12.2 Å². The fraction of sp³-hybridized carbons (Fsp3) is 0.250. The normalized spacial score (nSPS) is 17.2. The maximum absolute atomic E-state index is 11.2. The molecular formula is C16H18O5. The summed E-state index contributed by atoms with van der Waals surface area (Å²) in [6, 6.07) is 0. The van der Waals surface area contributed by atoms with Crippen LogP contribution in [0.1, 0.15) is 13.3 Å². The van der Waals surface area contributed by atoms with E-state index >= 15 is 0 Å². The summed E-state index contributed by atoms with van der Waals surface area (Å²) in [4.78, 5) is 21.8. The number of carbonyl (C=O) groups excluding carboxylic acids is 2. The van der Waals surface area contributed by atoms with Crippen molar-refractivity contribution in [2.45, 2.75) is 18.9 Å². The molecule has 0 bridgehead atoms. The van der Waals surface area contributed by atoms with Crippen LogP contribution < -0.4 is 0 Å². The number of aliphatic hydroxyl groups excluding tert-OH is 1. The largest absolute Gasteiger partial charge is 0.515 e. The lowest BCUT2D eigenvalue weighted by molar-refractivity contribution is -0.139. The van der Waals surface area contributed by atoms with Crippen molar-refractivity contribution in [3.8, 4) is 0 Å². The van der Waals surface area contributed by atoms with Crippen molar-refractivity contribution in [1.29, 1.82) is 0 Å². The number of esters is 1. The minimum atomic E-state index is -0.615. The smallest absolute Gasteiger partial charge is 0.309 e. The van der Waals surface area contributed by atoms with E-state index in [1.54, 1.807) is 6.08 Å². The second-order valence-electron chi connectivity index (χ2n) is 4.47. The molecule has 0 aliphatic heterocycles. The monoisotopic (exact) mass is 290 g/mol. The summed E-state index contributed by atoms with van der Waals surface area (Å²) in [5.74, 6) is -0.0132. The zero-order chi connectivity index (χ0) is 15.7. The summed E-state index contributed by atoms with van der Waals surface area (Å²) in [7, 11) is 1.30. The Kier molecular flexibility index (Phi) is 6.20. The number of aliphatic hydroxyl groups is 1. The molecule has 1 N–H and O–H groups in total. The summed E-state index contributed by atoms with van der Waals surface area (Å²) in [6.07, 6.45) is 13.1. The SMILES string of the molecule is COC(=O)C/C=C(/C=C\C(C=O)=C\O)OC1(C)C=CC=C1. The van der Waals surface area contributed by atoms with Gasteiger partial charge in [0.25, 0.3) is 0 Å². The number of allylic oxidation sites excluding steroid dienone is 5. The summed E-state index contributed by atoms with van der Waals surface area (Å²) in [5.41, 5.74) is -0.526. The van der Waals surface area contributed by atoms with Crippen molar-refractivity contribution < 1.29 is 24.2 Å². The van der Waals surface area contributed by atoms with Crippen molar-refractivity contribution in [2.24, 2.45) is 0 Å². The first kappa shape index (κ1) is 16.5. The highest BCUT2D eigenvalue weighted by atomic mass is 16.5. The van der Waals surface area contributed by atoms with Gasteiger partial charge < -0.3 is 14.6 Å². The zero-order valence-corrected chi connectivity index (χ0v) is 12.0. The quantitative estimate of drug-likeness (QED) is 0.256. The summed E-state index contributed by atoms with van der Waals surface area (Å²) in [5, 5.41) is 8.83. The molecule has 0 aromatic carbocycles. The number of aldehydes is 1. The topological polar surface area (TPSA) is 72.8 Å². The molecule has 0 saturated heterocycles. The molecule has 0 unspecified atom stereocenters. The molecule has 112 valence electrons. The van der Waals surface area contributed by atoms with Gasteiger partial charge in [-0.2, -0.15) is 0 Å². The maximum atomic E-state index is 11.2. The Balaban J connectivity index is 2.89. The molecule has 0 aromatic rings. The van der Waals surface area contributed by atoms with Crippen molar-refractivity contribution in [2.75, 3.05) is 7.11 Å². The number of hydrogen-bond donors (Lipinski definition) is 1. The van der Waals surface area contributed by atoms with Crippen LogP contribution in [0.25, 0.3) is 0 Å². The zero-order valence-electron chi connectivity index (χ0n) is 12.0. The molecule has 0 amide bonds. The van der Waals surface area contributed by atoms with Crippen LogP contribution >= 0.6 is 0 Å². The molecule has 21 heavy (non-hydrogen) atoms. The number of ether oxygens (including phenoxy) is 2. The Bertz CT molecular complexity index is 523. The number of carbonyl (C=O) groups is 2. The fourth-order valence-electron chi connectivity index (χ4n) is 1.57. The molecule has 1 aliphatic carbocycles. The second kappa shape index (κ2) is 7.89. The van der Waals surface area contributed by atoms with Gasteiger partial charge in [0.05, 0.1) is 19.8 Å². The van der Waals surface area contributed by atoms with Gasteiger partial charge >= 0.3 is 5.97 Å². The van der Waals surface area contributed by atoms with E-state index in [-0.39, 0.29) is 12.0 Å². The van der Waals surface area contributed by atoms with Crippen LogP contribution in [0.15, 0.2) is 60.1 Å². The molecule has 0 fully saturated rings. The third-order valence-corrected chi connectivity index (χ3v) is 2.73. The van der Waals surface area contributed by atoms with E-state index in [1.165, 1.54) is 19.3 Å². The molecule has 0 spiro atoms. The Morgan fingerprint density at radius 2 is 1.95 bits per heavy atom. The second-order valence-corrected chi connectivity index (χ2v) is 4.47. The third kappa shape index (κ3) is 5.52. The molecule has 1 rings (SSSR count). The van der Waals surface area contributed by atoms with Gasteiger partial charge in [-0.25, -0.2) is 0 Å². The van der Waals surface area contributed by atoms with Gasteiger partial charge in [0, 0.05) is 5.57 Å². The standard InChI is InChI=1S/C16H18O5/c1-16(9-3-4-10-16)21-14(7-8-15(19)20-2)6-5-13(11-17)12-18/h3-7,9-12,17H,8H2,1-2H3/b6-5-,13-11-,14-7-. The van der Waals surface area contributed by atoms with E-state index in [9.17, 15) is 9.59 Å². The van der Waals surface area contributed by atoms with Gasteiger partial charge in [0.2, 0.25) is 0 Å². The lowest BCUT2D eigenvalue weighted by atomic mass is 10.1. The van der Waals surface area contributed by atoms with E-state index in [2.05, 4.69) is 4.74 Å². The van der Waals surface area contributed by atoms with Gasteiger partial charge in [-0.3, -0.25) is 9.59 Å². The van der Waals surface area contributed by atoms with Crippen LogP contribution in [0, 0.1) is 0 Å². The number of hydrogen-bond acceptors (Lipinski definition) is 5. The van der Waals surface area contributed by atoms with Crippen molar-refractivity contribution in [3.63, 3.8) is 0 Å². The number of methoxy groups -OCH3 is 1. The van der Waals surface area contributed by atoms with Gasteiger partial charge in [0.1, 0.15) is 11.4 Å². The minimum absolute atomic E-state index is 0.0406. The Hall–Kier alpha value is -2.56. The molecule has 0 aromatic heterocycles. The summed E-state index contributed by atoms with van der Waals surface area (Å²) >= 11 is 0. The maximum Gasteiger partial charge on any atom is 0.309 e. The van der Waals surface area contributed by atoms with Crippen LogP contribution in [-0.2, 0) is 19.1 Å². The van der Waals surface area contributed by atoms with E-state index in [0.29, 0.717) is 18.3 Å². The van der Waals surface area contributed by atoms with E-state index in [4.69, 9.17) is 9.84 Å². The van der Waals surface area contributed by atoms with Crippen molar-refractivity contribution in [3.05, 3.63) is 60.1 Å².